The third kappa shape index (κ3) is 5.91. The van der Waals surface area contributed by atoms with E-state index in [1.54, 1.807) is 38.1 Å². The Bertz CT molecular complexity index is 959. The lowest BCUT2D eigenvalue weighted by Gasteiger charge is -2.11. The minimum atomic E-state index is -0.611. The number of rotatable bonds is 8. The molecule has 1 aliphatic rings. The maximum absolute atomic E-state index is 12.6. The van der Waals surface area contributed by atoms with Crippen molar-refractivity contribution >= 4 is 35.1 Å². The van der Waals surface area contributed by atoms with Crippen LogP contribution in [0.2, 0.25) is 0 Å². The van der Waals surface area contributed by atoms with Crippen molar-refractivity contribution in [1.29, 1.82) is 0 Å². The van der Waals surface area contributed by atoms with Crippen molar-refractivity contribution in [3.63, 3.8) is 0 Å². The molecule has 8 nitrogen and oxygen atoms in total. The molecular formula is C23H24N2O6. The highest BCUT2D eigenvalue weighted by molar-refractivity contribution is 6.06. The Kier molecular flexibility index (Phi) is 7.02. The number of carbonyl (C=O) groups is 4. The van der Waals surface area contributed by atoms with Crippen LogP contribution in [0.4, 0.5) is 11.4 Å². The maximum Gasteiger partial charge on any atom is 0.338 e. The van der Waals surface area contributed by atoms with Gasteiger partial charge in [-0.2, -0.15) is 0 Å². The van der Waals surface area contributed by atoms with Gasteiger partial charge in [-0.05, 0) is 69.2 Å². The van der Waals surface area contributed by atoms with Crippen molar-refractivity contribution in [2.24, 2.45) is 5.92 Å². The van der Waals surface area contributed by atoms with E-state index >= 15 is 0 Å². The summed E-state index contributed by atoms with van der Waals surface area (Å²) >= 11 is 0. The molecule has 0 spiro atoms. The molecular weight excluding hydrogens is 400 g/mol. The number of anilines is 2. The van der Waals surface area contributed by atoms with Crippen molar-refractivity contribution in [3.05, 3.63) is 59.2 Å². The smallest absolute Gasteiger partial charge is 0.338 e. The van der Waals surface area contributed by atoms with E-state index in [4.69, 9.17) is 9.47 Å². The molecule has 162 valence electrons. The summed E-state index contributed by atoms with van der Waals surface area (Å²) in [5.74, 6) is -1.58. The molecule has 8 heteroatoms. The Morgan fingerprint density at radius 3 is 1.81 bits per heavy atom. The van der Waals surface area contributed by atoms with Gasteiger partial charge < -0.3 is 20.1 Å². The number of hydrogen-bond donors (Lipinski definition) is 2. The van der Waals surface area contributed by atoms with Crippen LogP contribution < -0.4 is 10.6 Å². The Morgan fingerprint density at radius 1 is 0.774 bits per heavy atom. The first-order chi connectivity index (χ1) is 14.9. The number of nitrogens with one attached hydrogen (secondary N) is 2. The third-order valence-electron chi connectivity index (χ3n) is 4.58. The van der Waals surface area contributed by atoms with Crippen LogP contribution in [-0.4, -0.2) is 37.0 Å². The Balaban J connectivity index is 1.76. The number of esters is 2. The first-order valence-corrected chi connectivity index (χ1v) is 10.1. The lowest BCUT2D eigenvalue weighted by atomic mass is 10.1. The molecule has 0 aliphatic heterocycles. The SMILES string of the molecule is CCOC(=O)c1cc(NC(=O)c2ccc(NC(=O)C3CC3)cc2)cc(C(=O)OCC)c1. The van der Waals surface area contributed by atoms with E-state index in [0.29, 0.717) is 11.3 Å². The van der Waals surface area contributed by atoms with Crippen LogP contribution >= 0.6 is 0 Å². The van der Waals surface area contributed by atoms with E-state index in [-0.39, 0.29) is 41.9 Å². The first kappa shape index (κ1) is 22.0. The van der Waals surface area contributed by atoms with Crippen LogP contribution in [0.15, 0.2) is 42.5 Å². The van der Waals surface area contributed by atoms with Gasteiger partial charge in [0.15, 0.2) is 0 Å². The highest BCUT2D eigenvalue weighted by Crippen LogP contribution is 2.30. The lowest BCUT2D eigenvalue weighted by Crippen LogP contribution is -2.16. The zero-order chi connectivity index (χ0) is 22.4. The van der Waals surface area contributed by atoms with Crippen molar-refractivity contribution in [2.75, 3.05) is 23.8 Å². The highest BCUT2D eigenvalue weighted by atomic mass is 16.5. The van der Waals surface area contributed by atoms with Crippen molar-refractivity contribution in [3.8, 4) is 0 Å². The monoisotopic (exact) mass is 424 g/mol. The molecule has 3 rings (SSSR count). The number of hydrogen-bond acceptors (Lipinski definition) is 6. The number of benzene rings is 2. The molecule has 0 aromatic heterocycles. The lowest BCUT2D eigenvalue weighted by molar-refractivity contribution is -0.117. The Hall–Kier alpha value is -3.68. The summed E-state index contributed by atoms with van der Waals surface area (Å²) in [5.41, 5.74) is 1.47. The highest BCUT2D eigenvalue weighted by Gasteiger charge is 2.29. The van der Waals surface area contributed by atoms with Gasteiger partial charge in [-0.1, -0.05) is 0 Å². The number of ether oxygens (including phenoxy) is 2. The van der Waals surface area contributed by atoms with Gasteiger partial charge in [0, 0.05) is 22.9 Å². The molecule has 1 fully saturated rings. The second-order valence-electron chi connectivity index (χ2n) is 7.03. The van der Waals surface area contributed by atoms with Gasteiger partial charge in [0.1, 0.15) is 0 Å². The van der Waals surface area contributed by atoms with Gasteiger partial charge in [-0.3, -0.25) is 9.59 Å². The second-order valence-corrected chi connectivity index (χ2v) is 7.03. The van der Waals surface area contributed by atoms with Gasteiger partial charge in [0.05, 0.1) is 24.3 Å². The van der Waals surface area contributed by atoms with E-state index in [1.807, 2.05) is 0 Å². The third-order valence-corrected chi connectivity index (χ3v) is 4.58. The molecule has 2 aromatic rings. The van der Waals surface area contributed by atoms with Crippen molar-refractivity contribution < 1.29 is 28.7 Å². The Labute approximate surface area is 179 Å². The van der Waals surface area contributed by atoms with E-state index in [1.165, 1.54) is 18.2 Å². The second kappa shape index (κ2) is 9.88. The quantitative estimate of drug-likeness (QED) is 0.626. The molecule has 0 radical (unpaired) electrons. The fourth-order valence-corrected chi connectivity index (χ4v) is 2.86. The molecule has 0 atom stereocenters. The number of carbonyl (C=O) groups excluding carboxylic acids is 4. The van der Waals surface area contributed by atoms with Gasteiger partial charge in [-0.25, -0.2) is 9.59 Å². The Morgan fingerprint density at radius 2 is 1.32 bits per heavy atom. The van der Waals surface area contributed by atoms with Crippen molar-refractivity contribution in [1.82, 2.24) is 0 Å². The molecule has 2 amide bonds. The van der Waals surface area contributed by atoms with Gasteiger partial charge in [0.25, 0.3) is 5.91 Å². The topological polar surface area (TPSA) is 111 Å². The zero-order valence-corrected chi connectivity index (χ0v) is 17.4. The maximum atomic E-state index is 12.6. The van der Waals surface area contributed by atoms with Crippen LogP contribution in [0, 0.1) is 5.92 Å². The predicted octanol–water partition coefficient (Wildman–Crippen LogP) is 3.64. The molecule has 0 bridgehead atoms. The molecule has 1 saturated carbocycles. The van der Waals surface area contributed by atoms with Crippen LogP contribution in [0.5, 0.6) is 0 Å². The fraction of sp³-hybridized carbons (Fsp3) is 0.304. The minimum Gasteiger partial charge on any atom is -0.462 e. The molecule has 0 saturated heterocycles. The molecule has 2 aromatic carbocycles. The summed E-state index contributed by atoms with van der Waals surface area (Å²) in [5, 5.41) is 5.49. The first-order valence-electron chi connectivity index (χ1n) is 10.1. The normalized spacial score (nSPS) is 12.6. The van der Waals surface area contributed by atoms with Crippen LogP contribution in [0.3, 0.4) is 0 Å². The summed E-state index contributed by atoms with van der Waals surface area (Å²) in [6, 6.07) is 10.7. The van der Waals surface area contributed by atoms with Gasteiger partial charge in [0.2, 0.25) is 5.91 Å². The molecule has 1 aliphatic carbocycles. The van der Waals surface area contributed by atoms with E-state index < -0.39 is 17.8 Å². The zero-order valence-electron chi connectivity index (χ0n) is 17.4. The number of amides is 2. The molecule has 0 unspecified atom stereocenters. The molecule has 31 heavy (non-hydrogen) atoms. The summed E-state index contributed by atoms with van der Waals surface area (Å²) in [4.78, 5) is 48.8. The molecule has 0 heterocycles. The van der Waals surface area contributed by atoms with Crippen LogP contribution in [0.1, 0.15) is 57.8 Å². The largest absolute Gasteiger partial charge is 0.462 e. The van der Waals surface area contributed by atoms with E-state index in [2.05, 4.69) is 10.6 Å². The average molecular weight is 424 g/mol. The van der Waals surface area contributed by atoms with Crippen LogP contribution in [0.25, 0.3) is 0 Å². The standard InChI is InChI=1S/C23H24N2O6/c1-3-30-22(28)16-11-17(23(29)31-4-2)13-19(12-16)25-21(27)15-7-9-18(10-8-15)24-20(26)14-5-6-14/h7-14H,3-6H2,1-2H3,(H,24,26)(H,25,27). The summed E-state index contributed by atoms with van der Waals surface area (Å²) in [6.45, 7) is 3.70. The van der Waals surface area contributed by atoms with Crippen LogP contribution in [-0.2, 0) is 14.3 Å². The minimum absolute atomic E-state index is 0.0144. The fourth-order valence-electron chi connectivity index (χ4n) is 2.86. The predicted molar refractivity (Wildman–Crippen MR) is 114 cm³/mol. The average Bonchev–Trinajstić information content (AvgIpc) is 3.60. The summed E-state index contributed by atoms with van der Waals surface area (Å²) < 4.78 is 9.99. The summed E-state index contributed by atoms with van der Waals surface area (Å²) in [6.07, 6.45) is 1.82. The van der Waals surface area contributed by atoms with E-state index in [9.17, 15) is 19.2 Å². The summed E-state index contributed by atoms with van der Waals surface area (Å²) in [7, 11) is 0. The molecule has 2 N–H and O–H groups in total. The van der Waals surface area contributed by atoms with Gasteiger partial charge in [-0.15, -0.1) is 0 Å². The van der Waals surface area contributed by atoms with Gasteiger partial charge >= 0.3 is 11.9 Å². The van der Waals surface area contributed by atoms with E-state index in [0.717, 1.165) is 12.8 Å². The van der Waals surface area contributed by atoms with Crippen molar-refractivity contribution in [2.45, 2.75) is 26.7 Å².